The van der Waals surface area contributed by atoms with Gasteiger partial charge in [-0.1, -0.05) is 32.4 Å². The van der Waals surface area contributed by atoms with Crippen molar-refractivity contribution in [2.75, 3.05) is 0 Å². The van der Waals surface area contributed by atoms with Crippen molar-refractivity contribution in [3.8, 4) is 0 Å². The molecule has 0 spiro atoms. The molecule has 1 nitrogen and oxygen atoms in total. The van der Waals surface area contributed by atoms with Gasteiger partial charge in [-0.05, 0) is 92.8 Å². The van der Waals surface area contributed by atoms with Crippen molar-refractivity contribution in [2.45, 2.75) is 79.1 Å². The van der Waals surface area contributed by atoms with Gasteiger partial charge in [-0.15, -0.1) is 0 Å². The summed E-state index contributed by atoms with van der Waals surface area (Å²) in [5.41, 5.74) is 2.57. The molecule has 0 aromatic carbocycles. The molecule has 0 saturated heterocycles. The lowest BCUT2D eigenvalue weighted by Gasteiger charge is -2.58. The molecule has 23 heavy (non-hydrogen) atoms. The monoisotopic (exact) mass is 314 g/mol. The van der Waals surface area contributed by atoms with E-state index in [1.807, 2.05) is 6.92 Å². The summed E-state index contributed by atoms with van der Waals surface area (Å²) in [7, 11) is 0. The molecule has 128 valence electrons. The fourth-order valence-corrected chi connectivity index (χ4v) is 7.51. The minimum absolute atomic E-state index is 0.302. The van der Waals surface area contributed by atoms with Crippen LogP contribution in [-0.4, -0.2) is 5.78 Å². The molecule has 0 aliphatic heterocycles. The topological polar surface area (TPSA) is 17.1 Å². The van der Waals surface area contributed by atoms with E-state index in [-0.39, 0.29) is 0 Å². The normalized spacial score (nSPS) is 52.2. The molecule has 0 amide bonds. The van der Waals surface area contributed by atoms with Gasteiger partial charge in [0, 0.05) is 5.92 Å². The predicted molar refractivity (Wildman–Crippen MR) is 95.0 cm³/mol. The quantitative estimate of drug-likeness (QED) is 0.560. The Hall–Kier alpha value is -0.590. The third kappa shape index (κ3) is 2.14. The fourth-order valence-electron chi connectivity index (χ4n) is 7.51. The van der Waals surface area contributed by atoms with Crippen LogP contribution in [0.25, 0.3) is 0 Å². The van der Waals surface area contributed by atoms with Crippen molar-refractivity contribution in [1.82, 2.24) is 0 Å². The highest BCUT2D eigenvalue weighted by atomic mass is 16.1. The molecule has 4 rings (SSSR count). The highest BCUT2D eigenvalue weighted by molar-refractivity contribution is 5.79. The van der Waals surface area contributed by atoms with Crippen molar-refractivity contribution in [3.05, 3.63) is 11.6 Å². The zero-order chi connectivity index (χ0) is 16.4. The van der Waals surface area contributed by atoms with E-state index >= 15 is 0 Å². The van der Waals surface area contributed by atoms with Crippen molar-refractivity contribution in [1.29, 1.82) is 0 Å². The third-order valence-electron chi connectivity index (χ3n) is 8.84. The Morgan fingerprint density at radius 2 is 1.87 bits per heavy atom. The lowest BCUT2D eigenvalue weighted by molar-refractivity contribution is -0.127. The minimum atomic E-state index is 0.302. The first-order valence-corrected chi connectivity index (χ1v) is 10.1. The number of carbonyl (C=O) groups is 1. The summed E-state index contributed by atoms with van der Waals surface area (Å²) in [5.74, 6) is 4.22. The summed E-state index contributed by atoms with van der Waals surface area (Å²) in [4.78, 5) is 12.2. The highest BCUT2D eigenvalue weighted by Crippen LogP contribution is 2.66. The van der Waals surface area contributed by atoms with E-state index in [1.54, 1.807) is 5.57 Å². The van der Waals surface area contributed by atoms with Crippen LogP contribution in [0.1, 0.15) is 79.1 Å². The summed E-state index contributed by atoms with van der Waals surface area (Å²) in [6, 6.07) is 0. The summed E-state index contributed by atoms with van der Waals surface area (Å²) >= 11 is 0. The Labute approximate surface area is 142 Å². The molecule has 0 aromatic rings. The van der Waals surface area contributed by atoms with Crippen LogP contribution in [0.3, 0.4) is 0 Å². The van der Waals surface area contributed by atoms with Crippen molar-refractivity contribution >= 4 is 5.78 Å². The maximum atomic E-state index is 12.2. The van der Waals surface area contributed by atoms with E-state index in [0.717, 1.165) is 30.1 Å². The van der Waals surface area contributed by atoms with E-state index in [0.29, 0.717) is 22.5 Å². The van der Waals surface area contributed by atoms with Gasteiger partial charge in [0.15, 0.2) is 0 Å². The minimum Gasteiger partial charge on any atom is -0.300 e. The van der Waals surface area contributed by atoms with Crippen LogP contribution < -0.4 is 0 Å². The number of hydrogen-bond acceptors (Lipinski definition) is 1. The molecule has 4 aliphatic rings. The van der Waals surface area contributed by atoms with E-state index in [9.17, 15) is 4.79 Å². The number of hydrogen-bond donors (Lipinski definition) is 0. The molecule has 0 radical (unpaired) electrons. The molecule has 7 unspecified atom stereocenters. The number of allylic oxidation sites excluding steroid dienone is 2. The zero-order valence-corrected chi connectivity index (χ0v) is 15.5. The standard InChI is InChI=1S/C22H34O/c1-14-9-11-21(3)16(13-14)5-6-17-19-8-7-18(15(2)23)22(19,4)12-10-20(17)21/h5,14,17-20H,6-13H2,1-4H3. The van der Waals surface area contributed by atoms with Gasteiger partial charge in [0.2, 0.25) is 0 Å². The second-order valence-electron chi connectivity index (χ2n) is 9.89. The van der Waals surface area contributed by atoms with Gasteiger partial charge in [0.1, 0.15) is 5.78 Å². The second-order valence-corrected chi connectivity index (χ2v) is 9.89. The zero-order valence-electron chi connectivity index (χ0n) is 15.5. The SMILES string of the molecule is CC(=O)C1CCC2C3CC=C4CC(C)CCC4(C)C3CCC12C. The molecule has 7 atom stereocenters. The van der Waals surface area contributed by atoms with E-state index in [1.165, 1.54) is 44.9 Å². The Morgan fingerprint density at radius 1 is 1.09 bits per heavy atom. The van der Waals surface area contributed by atoms with E-state index in [4.69, 9.17) is 0 Å². The molecule has 3 fully saturated rings. The Bertz CT molecular complexity index is 546. The number of ketones is 1. The molecule has 3 saturated carbocycles. The first-order chi connectivity index (χ1) is 10.9. The van der Waals surface area contributed by atoms with Gasteiger partial charge in [0.25, 0.3) is 0 Å². The molecule has 4 aliphatic carbocycles. The summed E-state index contributed by atoms with van der Waals surface area (Å²) < 4.78 is 0. The fraction of sp³-hybridized carbons (Fsp3) is 0.864. The van der Waals surface area contributed by atoms with Crippen molar-refractivity contribution in [3.63, 3.8) is 0 Å². The van der Waals surface area contributed by atoms with Crippen LogP contribution in [0.15, 0.2) is 11.6 Å². The Kier molecular flexibility index (Phi) is 3.60. The van der Waals surface area contributed by atoms with Crippen molar-refractivity contribution < 1.29 is 4.79 Å². The van der Waals surface area contributed by atoms with Crippen LogP contribution in [0.2, 0.25) is 0 Å². The van der Waals surface area contributed by atoms with Gasteiger partial charge in [-0.2, -0.15) is 0 Å². The second kappa shape index (κ2) is 5.20. The molecular formula is C22H34O. The molecule has 0 bridgehead atoms. The first-order valence-electron chi connectivity index (χ1n) is 10.1. The van der Waals surface area contributed by atoms with Gasteiger partial charge < -0.3 is 0 Å². The van der Waals surface area contributed by atoms with E-state index < -0.39 is 0 Å². The largest absolute Gasteiger partial charge is 0.300 e. The van der Waals surface area contributed by atoms with Crippen LogP contribution in [-0.2, 0) is 4.79 Å². The van der Waals surface area contributed by atoms with E-state index in [2.05, 4.69) is 26.8 Å². The Balaban J connectivity index is 1.66. The van der Waals surface area contributed by atoms with Crippen LogP contribution in [0.5, 0.6) is 0 Å². The van der Waals surface area contributed by atoms with Crippen LogP contribution >= 0.6 is 0 Å². The molecule has 0 aromatic heterocycles. The maximum absolute atomic E-state index is 12.2. The molecule has 0 heterocycles. The molecular weight excluding hydrogens is 280 g/mol. The van der Waals surface area contributed by atoms with Crippen molar-refractivity contribution in [2.24, 2.45) is 40.4 Å². The lowest BCUT2D eigenvalue weighted by atomic mass is 9.47. The maximum Gasteiger partial charge on any atom is 0.133 e. The summed E-state index contributed by atoms with van der Waals surface area (Å²) in [5, 5.41) is 0. The van der Waals surface area contributed by atoms with Gasteiger partial charge in [-0.25, -0.2) is 0 Å². The molecule has 0 N–H and O–H groups in total. The van der Waals surface area contributed by atoms with Gasteiger partial charge in [-0.3, -0.25) is 4.79 Å². The summed E-state index contributed by atoms with van der Waals surface area (Å²) in [6.07, 6.45) is 13.2. The summed E-state index contributed by atoms with van der Waals surface area (Å²) in [6.45, 7) is 9.31. The van der Waals surface area contributed by atoms with Gasteiger partial charge in [0.05, 0.1) is 0 Å². The number of carbonyl (C=O) groups excluding carboxylic acids is 1. The van der Waals surface area contributed by atoms with Crippen LogP contribution in [0.4, 0.5) is 0 Å². The first kappa shape index (κ1) is 15.9. The number of Topliss-reactive ketones (excluding diaryl/α,β-unsaturated/α-hetero) is 1. The number of fused-ring (bicyclic) bond motifs is 5. The third-order valence-corrected chi connectivity index (χ3v) is 8.84. The lowest BCUT2D eigenvalue weighted by Crippen LogP contribution is -2.50. The highest BCUT2D eigenvalue weighted by Gasteiger charge is 2.59. The average Bonchev–Trinajstić information content (AvgIpc) is 2.85. The average molecular weight is 315 g/mol. The molecule has 1 heteroatoms. The number of rotatable bonds is 1. The predicted octanol–water partition coefficient (Wildman–Crippen LogP) is 5.79. The smallest absolute Gasteiger partial charge is 0.133 e. The Morgan fingerprint density at radius 3 is 2.61 bits per heavy atom. The van der Waals surface area contributed by atoms with Crippen LogP contribution in [0, 0.1) is 40.4 Å². The van der Waals surface area contributed by atoms with Gasteiger partial charge >= 0.3 is 0 Å².